The van der Waals surface area contributed by atoms with Gasteiger partial charge in [-0.2, -0.15) is 0 Å². The van der Waals surface area contributed by atoms with E-state index in [1.54, 1.807) is 12.1 Å². The Kier molecular flexibility index (Phi) is 4.45. The summed E-state index contributed by atoms with van der Waals surface area (Å²) in [6.45, 7) is 0. The molecule has 0 aliphatic heterocycles. The summed E-state index contributed by atoms with van der Waals surface area (Å²) in [6.07, 6.45) is 0.793. The van der Waals surface area contributed by atoms with Gasteiger partial charge in [-0.15, -0.1) is 0 Å². The van der Waals surface area contributed by atoms with Crippen LogP contribution in [-0.2, 0) is 15.2 Å². The number of nitrogens with zero attached hydrogens (tertiary/aromatic N) is 1. The van der Waals surface area contributed by atoms with E-state index >= 15 is 0 Å². The van der Waals surface area contributed by atoms with Crippen molar-refractivity contribution in [2.45, 2.75) is 24.9 Å². The molecular formula is C25H21N3O3. The number of aliphatic hydroxyl groups is 1. The first-order valence-corrected chi connectivity index (χ1v) is 10.2. The molecule has 0 bridgehead atoms. The van der Waals surface area contributed by atoms with E-state index in [0.29, 0.717) is 17.8 Å². The molecule has 1 saturated carbocycles. The van der Waals surface area contributed by atoms with Crippen molar-refractivity contribution in [1.82, 2.24) is 4.98 Å². The summed E-state index contributed by atoms with van der Waals surface area (Å²) in [7, 11) is 0. The third-order valence-corrected chi connectivity index (χ3v) is 5.84. The average molecular weight is 411 g/mol. The highest BCUT2D eigenvalue weighted by Gasteiger charge is 2.47. The molecule has 6 heteroatoms. The number of nitrogens with one attached hydrogen (secondary N) is 1. The van der Waals surface area contributed by atoms with Crippen molar-refractivity contribution in [1.29, 1.82) is 0 Å². The van der Waals surface area contributed by atoms with Gasteiger partial charge in [0.15, 0.2) is 11.6 Å². The lowest BCUT2D eigenvalue weighted by molar-refractivity contribution is -0.155. The van der Waals surface area contributed by atoms with Gasteiger partial charge < -0.3 is 16.2 Å². The number of aromatic nitrogens is 1. The van der Waals surface area contributed by atoms with E-state index in [1.807, 2.05) is 48.5 Å². The number of hydrogen-bond acceptors (Lipinski definition) is 6. The number of nitrogen functional groups attached to an aromatic ring is 1. The molecule has 0 saturated heterocycles. The lowest BCUT2D eigenvalue weighted by Gasteiger charge is -2.30. The minimum Gasteiger partial charge on any atom is -0.399 e. The molecule has 4 N–H and O–H groups in total. The van der Waals surface area contributed by atoms with Crippen LogP contribution in [-0.4, -0.2) is 21.7 Å². The van der Waals surface area contributed by atoms with Gasteiger partial charge in [0.05, 0.1) is 16.7 Å². The second kappa shape index (κ2) is 7.18. The van der Waals surface area contributed by atoms with Crippen molar-refractivity contribution in [2.24, 2.45) is 0 Å². The molecule has 0 radical (unpaired) electrons. The van der Waals surface area contributed by atoms with Crippen LogP contribution < -0.4 is 11.1 Å². The molecule has 0 atom stereocenters. The van der Waals surface area contributed by atoms with E-state index in [4.69, 9.17) is 10.7 Å². The van der Waals surface area contributed by atoms with Crippen LogP contribution in [0.15, 0.2) is 66.7 Å². The maximum atomic E-state index is 12.5. The predicted molar refractivity (Wildman–Crippen MR) is 121 cm³/mol. The topological polar surface area (TPSA) is 105 Å². The molecule has 1 fully saturated rings. The highest BCUT2D eigenvalue weighted by atomic mass is 16.3. The van der Waals surface area contributed by atoms with E-state index < -0.39 is 17.2 Å². The molecule has 5 rings (SSSR count). The molecule has 0 amide bonds. The first kappa shape index (κ1) is 19.2. The lowest BCUT2D eigenvalue weighted by Crippen LogP contribution is -2.46. The van der Waals surface area contributed by atoms with Crippen molar-refractivity contribution in [3.8, 4) is 0 Å². The number of pyridine rings is 1. The quantitative estimate of drug-likeness (QED) is 0.265. The first-order chi connectivity index (χ1) is 15.0. The zero-order chi connectivity index (χ0) is 21.6. The SMILES string of the molecule is Nc1cc(Nc2c3ccccc3nc3ccccc23)cc(C2(O)C(=O)CCCC2=O)c1. The fourth-order valence-electron chi connectivity index (χ4n) is 4.30. The van der Waals surface area contributed by atoms with E-state index in [-0.39, 0.29) is 18.4 Å². The van der Waals surface area contributed by atoms with E-state index in [1.165, 1.54) is 6.07 Å². The Balaban J connectivity index is 1.67. The predicted octanol–water partition coefficient (Wildman–Crippen LogP) is 4.22. The fourth-order valence-corrected chi connectivity index (χ4v) is 4.30. The van der Waals surface area contributed by atoms with Crippen LogP contribution in [0.5, 0.6) is 0 Å². The van der Waals surface area contributed by atoms with Gasteiger partial charge >= 0.3 is 0 Å². The van der Waals surface area contributed by atoms with E-state index in [0.717, 1.165) is 27.5 Å². The molecule has 154 valence electrons. The second-order valence-electron chi connectivity index (χ2n) is 7.90. The maximum Gasteiger partial charge on any atom is 0.207 e. The molecular weight excluding hydrogens is 390 g/mol. The summed E-state index contributed by atoms with van der Waals surface area (Å²) in [5.41, 5.74) is 7.61. The standard InChI is InChI=1S/C25H21N3O3/c26-16-12-15(25(31)22(29)10-5-11-23(25)30)13-17(14-16)27-24-18-6-1-3-8-20(18)28-21-9-4-2-7-19(21)24/h1-4,6-9,12-14,31H,5,10-11,26H2,(H,27,28). The van der Waals surface area contributed by atoms with Crippen LogP contribution in [0, 0.1) is 0 Å². The number of fused-ring (bicyclic) bond motifs is 2. The normalized spacial score (nSPS) is 16.0. The Morgan fingerprint density at radius 1 is 0.871 bits per heavy atom. The average Bonchev–Trinajstić information content (AvgIpc) is 2.77. The van der Waals surface area contributed by atoms with Crippen LogP contribution in [0.1, 0.15) is 24.8 Å². The van der Waals surface area contributed by atoms with E-state index in [2.05, 4.69) is 5.32 Å². The van der Waals surface area contributed by atoms with Gasteiger partial charge in [-0.25, -0.2) is 4.98 Å². The van der Waals surface area contributed by atoms with Crippen LogP contribution in [0.4, 0.5) is 17.1 Å². The molecule has 1 heterocycles. The third-order valence-electron chi connectivity index (χ3n) is 5.84. The number of ketones is 2. The fraction of sp³-hybridized carbons (Fsp3) is 0.160. The number of carbonyl (C=O) groups excluding carboxylic acids is 2. The van der Waals surface area contributed by atoms with Crippen LogP contribution in [0.3, 0.4) is 0 Å². The van der Waals surface area contributed by atoms with Crippen LogP contribution >= 0.6 is 0 Å². The third kappa shape index (κ3) is 3.12. The van der Waals surface area contributed by atoms with Gasteiger partial charge in [0, 0.05) is 40.6 Å². The van der Waals surface area contributed by atoms with Crippen molar-refractivity contribution < 1.29 is 14.7 Å². The first-order valence-electron chi connectivity index (χ1n) is 10.2. The minimum atomic E-state index is -2.15. The Morgan fingerprint density at radius 2 is 1.45 bits per heavy atom. The Hall–Kier alpha value is -3.77. The Bertz CT molecular complexity index is 1290. The number of nitrogens with two attached hydrogens (primary N) is 1. The molecule has 0 unspecified atom stereocenters. The van der Waals surface area contributed by atoms with Crippen molar-refractivity contribution in [2.75, 3.05) is 11.1 Å². The Labute approximate surface area is 178 Å². The summed E-state index contributed by atoms with van der Waals surface area (Å²) in [5, 5.41) is 16.3. The summed E-state index contributed by atoms with van der Waals surface area (Å²) in [5.74, 6) is -0.972. The molecule has 0 spiro atoms. The molecule has 6 nitrogen and oxygen atoms in total. The molecule has 31 heavy (non-hydrogen) atoms. The van der Waals surface area contributed by atoms with Gasteiger partial charge in [-0.1, -0.05) is 36.4 Å². The monoisotopic (exact) mass is 411 g/mol. The van der Waals surface area contributed by atoms with Crippen molar-refractivity contribution in [3.63, 3.8) is 0 Å². The zero-order valence-electron chi connectivity index (χ0n) is 16.8. The summed E-state index contributed by atoms with van der Waals surface area (Å²) in [6, 6.07) is 20.4. The summed E-state index contributed by atoms with van der Waals surface area (Å²) in [4.78, 5) is 29.8. The number of rotatable bonds is 3. The van der Waals surface area contributed by atoms with Crippen molar-refractivity contribution >= 4 is 50.4 Å². The van der Waals surface area contributed by atoms with Crippen LogP contribution in [0.25, 0.3) is 21.8 Å². The molecule has 1 aromatic heterocycles. The zero-order valence-corrected chi connectivity index (χ0v) is 16.8. The largest absolute Gasteiger partial charge is 0.399 e. The molecule has 4 aromatic rings. The maximum absolute atomic E-state index is 12.5. The number of benzene rings is 3. The highest BCUT2D eigenvalue weighted by Crippen LogP contribution is 2.37. The lowest BCUT2D eigenvalue weighted by atomic mass is 9.77. The summed E-state index contributed by atoms with van der Waals surface area (Å²) < 4.78 is 0. The molecule has 1 aliphatic carbocycles. The van der Waals surface area contributed by atoms with Crippen LogP contribution in [0.2, 0.25) is 0 Å². The van der Waals surface area contributed by atoms with Gasteiger partial charge in [-0.3, -0.25) is 9.59 Å². The highest BCUT2D eigenvalue weighted by molar-refractivity contribution is 6.13. The number of hydrogen-bond donors (Lipinski definition) is 3. The van der Waals surface area contributed by atoms with E-state index in [9.17, 15) is 14.7 Å². The smallest absolute Gasteiger partial charge is 0.207 e. The second-order valence-corrected chi connectivity index (χ2v) is 7.90. The minimum absolute atomic E-state index is 0.166. The van der Waals surface area contributed by atoms with Gasteiger partial charge in [0.2, 0.25) is 5.60 Å². The number of anilines is 3. The van der Waals surface area contributed by atoms with Gasteiger partial charge in [0.25, 0.3) is 0 Å². The van der Waals surface area contributed by atoms with Gasteiger partial charge in [0.1, 0.15) is 0 Å². The van der Waals surface area contributed by atoms with Crippen molar-refractivity contribution in [3.05, 3.63) is 72.3 Å². The number of Topliss-reactive ketones (excluding diaryl/α,β-unsaturated/α-hetero) is 2. The molecule has 1 aliphatic rings. The Morgan fingerprint density at radius 3 is 2.06 bits per heavy atom. The number of carbonyl (C=O) groups is 2. The van der Waals surface area contributed by atoms with Gasteiger partial charge in [-0.05, 0) is 36.8 Å². The summed E-state index contributed by atoms with van der Waals surface area (Å²) >= 11 is 0. The number of para-hydroxylation sites is 2. The molecule has 3 aromatic carbocycles.